The zero-order chi connectivity index (χ0) is 20.2. The summed E-state index contributed by atoms with van der Waals surface area (Å²) in [6.45, 7) is 4.52. The highest BCUT2D eigenvalue weighted by molar-refractivity contribution is 5.79. The number of rotatable bonds is 6. The minimum atomic E-state index is 0.213. The third kappa shape index (κ3) is 4.18. The molecule has 0 unspecified atom stereocenters. The van der Waals surface area contributed by atoms with E-state index in [2.05, 4.69) is 17.2 Å². The number of likely N-dealkylation sites (tertiary alicyclic amines) is 1. The number of carbonyl (C=O) groups is 1. The van der Waals surface area contributed by atoms with Gasteiger partial charge in [-0.3, -0.25) is 14.2 Å². The summed E-state index contributed by atoms with van der Waals surface area (Å²) in [7, 11) is 1.65. The highest BCUT2D eigenvalue weighted by atomic mass is 16.5. The van der Waals surface area contributed by atoms with Crippen molar-refractivity contribution in [2.24, 2.45) is 5.92 Å². The minimum absolute atomic E-state index is 0.213. The van der Waals surface area contributed by atoms with Crippen molar-refractivity contribution in [2.45, 2.75) is 26.2 Å². The molecule has 0 aliphatic carbocycles. The van der Waals surface area contributed by atoms with Crippen molar-refractivity contribution < 1.29 is 9.53 Å². The smallest absolute Gasteiger partial charge is 0.224 e. The van der Waals surface area contributed by atoms with Gasteiger partial charge in [0.1, 0.15) is 17.3 Å². The van der Waals surface area contributed by atoms with Crippen LogP contribution in [0.2, 0.25) is 0 Å². The average Bonchev–Trinajstić information content (AvgIpc) is 3.12. The molecule has 1 amide bonds. The van der Waals surface area contributed by atoms with Crippen LogP contribution >= 0.6 is 0 Å². The molecule has 0 radical (unpaired) electrons. The molecular weight excluding hydrogens is 366 g/mol. The van der Waals surface area contributed by atoms with E-state index in [9.17, 15) is 4.79 Å². The van der Waals surface area contributed by atoms with Crippen LogP contribution in [0.4, 0.5) is 5.82 Å². The monoisotopic (exact) mass is 393 g/mol. The molecule has 0 spiro atoms. The van der Waals surface area contributed by atoms with Crippen LogP contribution in [0, 0.1) is 5.92 Å². The lowest BCUT2D eigenvalue weighted by molar-refractivity contribution is -0.132. The van der Waals surface area contributed by atoms with Crippen molar-refractivity contribution in [3.8, 4) is 17.0 Å². The van der Waals surface area contributed by atoms with Gasteiger partial charge in [0.25, 0.3) is 0 Å². The van der Waals surface area contributed by atoms with Crippen LogP contribution in [0.25, 0.3) is 16.9 Å². The number of nitrogens with one attached hydrogen (secondary N) is 1. The molecule has 1 N–H and O–H groups in total. The maximum absolute atomic E-state index is 12.6. The minimum Gasteiger partial charge on any atom is -0.497 e. The Balaban J connectivity index is 1.52. The predicted octanol–water partition coefficient (Wildman–Crippen LogP) is 3.47. The summed E-state index contributed by atoms with van der Waals surface area (Å²) in [5.41, 5.74) is 2.57. The van der Waals surface area contributed by atoms with Gasteiger partial charge in [-0.2, -0.15) is 0 Å². The molecule has 1 aromatic carbocycles. The number of piperidine rings is 1. The molecule has 3 heterocycles. The van der Waals surface area contributed by atoms with Crippen molar-refractivity contribution in [3.05, 3.63) is 42.9 Å². The Hall–Kier alpha value is -3.09. The van der Waals surface area contributed by atoms with E-state index < -0.39 is 0 Å². The number of hydrogen-bond acceptors (Lipinski definition) is 5. The summed E-state index contributed by atoms with van der Waals surface area (Å²) in [6, 6.07) is 7.81. The lowest BCUT2D eigenvalue weighted by Gasteiger charge is -2.31. The van der Waals surface area contributed by atoms with Gasteiger partial charge in [0.15, 0.2) is 5.65 Å². The van der Waals surface area contributed by atoms with Crippen molar-refractivity contribution in [1.29, 1.82) is 0 Å². The molecule has 2 aromatic heterocycles. The first-order chi connectivity index (χ1) is 14.2. The number of fused-ring (bicyclic) bond motifs is 1. The Morgan fingerprint density at radius 1 is 1.31 bits per heavy atom. The fourth-order valence-electron chi connectivity index (χ4n) is 3.89. The van der Waals surface area contributed by atoms with Gasteiger partial charge in [0.2, 0.25) is 5.91 Å². The van der Waals surface area contributed by atoms with Crippen LogP contribution < -0.4 is 10.1 Å². The summed E-state index contributed by atoms with van der Waals surface area (Å²) in [6.07, 6.45) is 8.13. The van der Waals surface area contributed by atoms with Crippen molar-refractivity contribution in [3.63, 3.8) is 0 Å². The normalized spacial score (nSPS) is 16.8. The molecule has 7 nitrogen and oxygen atoms in total. The third-order valence-electron chi connectivity index (χ3n) is 5.43. The van der Waals surface area contributed by atoms with Gasteiger partial charge in [-0.15, -0.1) is 0 Å². The van der Waals surface area contributed by atoms with Gasteiger partial charge in [-0.1, -0.05) is 6.92 Å². The molecule has 0 bridgehead atoms. The average molecular weight is 393 g/mol. The van der Waals surface area contributed by atoms with Crippen LogP contribution in [-0.4, -0.2) is 51.9 Å². The number of hydrogen-bond donors (Lipinski definition) is 1. The summed E-state index contributed by atoms with van der Waals surface area (Å²) in [5, 5.41) is 3.44. The van der Waals surface area contributed by atoms with Gasteiger partial charge >= 0.3 is 0 Å². The molecule has 0 saturated carbocycles. The Morgan fingerprint density at radius 2 is 2.14 bits per heavy atom. The van der Waals surface area contributed by atoms with E-state index in [1.807, 2.05) is 39.8 Å². The molecule has 1 saturated heterocycles. The van der Waals surface area contributed by atoms with Gasteiger partial charge in [0.05, 0.1) is 13.3 Å². The van der Waals surface area contributed by atoms with Gasteiger partial charge < -0.3 is 15.0 Å². The maximum Gasteiger partial charge on any atom is 0.224 e. The topological polar surface area (TPSA) is 71.8 Å². The van der Waals surface area contributed by atoms with Crippen molar-refractivity contribution in [1.82, 2.24) is 19.3 Å². The second-order valence-corrected chi connectivity index (χ2v) is 7.61. The quantitative estimate of drug-likeness (QED) is 0.694. The van der Waals surface area contributed by atoms with Crippen molar-refractivity contribution >= 4 is 17.4 Å². The SMILES string of the molecule is COc1ccc(-c2nc3cnccn3c2NCCC(=O)N2CCC[C@@H](C)C2)cc1. The Morgan fingerprint density at radius 3 is 2.90 bits per heavy atom. The Labute approximate surface area is 170 Å². The van der Waals surface area contributed by atoms with E-state index in [-0.39, 0.29) is 5.91 Å². The highest BCUT2D eigenvalue weighted by Gasteiger charge is 2.21. The molecule has 4 rings (SSSR count). The van der Waals surface area contributed by atoms with Crippen LogP contribution in [0.15, 0.2) is 42.9 Å². The zero-order valence-electron chi connectivity index (χ0n) is 17.0. The molecule has 7 heteroatoms. The number of amides is 1. The summed E-state index contributed by atoms with van der Waals surface area (Å²) in [5.74, 6) is 2.47. The third-order valence-corrected chi connectivity index (χ3v) is 5.43. The number of carbonyl (C=O) groups excluding carboxylic acids is 1. The summed E-state index contributed by atoms with van der Waals surface area (Å²) in [4.78, 5) is 23.5. The summed E-state index contributed by atoms with van der Waals surface area (Å²) >= 11 is 0. The fraction of sp³-hybridized carbons (Fsp3) is 0.409. The lowest BCUT2D eigenvalue weighted by atomic mass is 10.00. The highest BCUT2D eigenvalue weighted by Crippen LogP contribution is 2.29. The number of ether oxygens (including phenoxy) is 1. The first kappa shape index (κ1) is 19.2. The van der Waals surface area contributed by atoms with Gasteiger partial charge in [0, 0.05) is 44.0 Å². The predicted molar refractivity (Wildman–Crippen MR) is 113 cm³/mol. The molecule has 1 fully saturated rings. The molecule has 1 atom stereocenters. The van der Waals surface area contributed by atoms with Crippen molar-refractivity contribution in [2.75, 3.05) is 32.1 Å². The Kier molecular flexibility index (Phi) is 5.64. The van der Waals surface area contributed by atoms with Gasteiger partial charge in [-0.05, 0) is 43.0 Å². The number of imidazole rings is 1. The first-order valence-electron chi connectivity index (χ1n) is 10.1. The van der Waals surface area contributed by atoms with Crippen LogP contribution in [0.1, 0.15) is 26.2 Å². The maximum atomic E-state index is 12.6. The number of anilines is 1. The number of methoxy groups -OCH3 is 1. The van der Waals surface area contributed by atoms with Gasteiger partial charge in [-0.25, -0.2) is 4.98 Å². The first-order valence-corrected chi connectivity index (χ1v) is 10.1. The van der Waals surface area contributed by atoms with E-state index in [4.69, 9.17) is 9.72 Å². The standard InChI is InChI=1S/C22H27N5O2/c1-16-4-3-12-26(15-16)20(28)9-10-24-22-21(17-5-7-18(29-2)8-6-17)25-19-14-23-11-13-27(19)22/h5-8,11,13-14,16,24H,3-4,9-10,12,15H2,1-2H3/t16-/m1/s1. The van der Waals surface area contributed by atoms with Crippen LogP contribution in [-0.2, 0) is 4.79 Å². The van der Waals surface area contributed by atoms with E-state index in [1.165, 1.54) is 6.42 Å². The van der Waals surface area contributed by atoms with Crippen LogP contribution in [0.3, 0.4) is 0 Å². The molecule has 1 aliphatic heterocycles. The van der Waals surface area contributed by atoms with E-state index in [0.29, 0.717) is 18.9 Å². The largest absolute Gasteiger partial charge is 0.497 e. The van der Waals surface area contributed by atoms with Crippen LogP contribution in [0.5, 0.6) is 5.75 Å². The number of aromatic nitrogens is 3. The molecule has 1 aliphatic rings. The summed E-state index contributed by atoms with van der Waals surface area (Å²) < 4.78 is 7.23. The van der Waals surface area contributed by atoms with E-state index in [1.54, 1.807) is 19.5 Å². The van der Waals surface area contributed by atoms with E-state index >= 15 is 0 Å². The molecule has 3 aromatic rings. The number of benzene rings is 1. The zero-order valence-corrected chi connectivity index (χ0v) is 17.0. The molecule has 152 valence electrons. The second-order valence-electron chi connectivity index (χ2n) is 7.61. The van der Waals surface area contributed by atoms with E-state index in [0.717, 1.165) is 48.0 Å². The molecule has 29 heavy (non-hydrogen) atoms. The fourth-order valence-corrected chi connectivity index (χ4v) is 3.89. The number of nitrogens with zero attached hydrogens (tertiary/aromatic N) is 4. The molecular formula is C22H27N5O2. The Bertz CT molecular complexity index is 983. The second kappa shape index (κ2) is 8.51. The lowest BCUT2D eigenvalue weighted by Crippen LogP contribution is -2.39.